The Morgan fingerprint density at radius 2 is 1.96 bits per heavy atom. The highest BCUT2D eigenvalue weighted by atomic mass is 127. The van der Waals surface area contributed by atoms with Crippen LogP contribution >= 0.6 is 24.0 Å². The summed E-state index contributed by atoms with van der Waals surface area (Å²) >= 11 is 0. The van der Waals surface area contributed by atoms with E-state index in [0.717, 1.165) is 30.9 Å². The van der Waals surface area contributed by atoms with Crippen LogP contribution in [0.5, 0.6) is 5.75 Å². The Morgan fingerprint density at radius 1 is 1.29 bits per heavy atom. The van der Waals surface area contributed by atoms with Crippen LogP contribution in [0.15, 0.2) is 29.3 Å². The summed E-state index contributed by atoms with van der Waals surface area (Å²) in [4.78, 5) is 6.99. The molecule has 0 fully saturated rings. The van der Waals surface area contributed by atoms with Crippen molar-refractivity contribution >= 4 is 35.6 Å². The number of nitrogens with zero attached hydrogens (tertiary/aromatic N) is 2. The van der Waals surface area contributed by atoms with Gasteiger partial charge < -0.3 is 15.8 Å². The molecule has 0 amide bonds. The largest absolute Gasteiger partial charge is 0.497 e. The maximum absolute atomic E-state index is 6.04. The summed E-state index contributed by atoms with van der Waals surface area (Å²) in [5.41, 5.74) is 6.92. The number of nitrogens with two attached hydrogens (primary N) is 1. The van der Waals surface area contributed by atoms with Gasteiger partial charge in [0.25, 0.3) is 0 Å². The van der Waals surface area contributed by atoms with Crippen LogP contribution in [0.1, 0.15) is 34.1 Å². The number of guanidine groups is 1. The fourth-order valence-electron chi connectivity index (χ4n) is 2.72. The second-order valence-corrected chi connectivity index (χ2v) is 6.09. The molecular formula is C18H33IN4O. The second kappa shape index (κ2) is 12.4. The van der Waals surface area contributed by atoms with Crippen molar-refractivity contribution in [3.63, 3.8) is 0 Å². The fraction of sp³-hybridized carbons (Fsp3) is 0.611. The van der Waals surface area contributed by atoms with E-state index in [9.17, 15) is 0 Å². The van der Waals surface area contributed by atoms with Crippen LogP contribution in [0.3, 0.4) is 0 Å². The number of anilines is 1. The molecule has 0 spiro atoms. The third-order valence-corrected chi connectivity index (χ3v) is 3.89. The number of nitrogens with one attached hydrogen (secondary N) is 1. The summed E-state index contributed by atoms with van der Waals surface area (Å²) in [5, 5.41) is 3.13. The van der Waals surface area contributed by atoms with Gasteiger partial charge >= 0.3 is 0 Å². The normalized spacial score (nSPS) is 12.9. The molecule has 1 atom stereocenters. The fourth-order valence-corrected chi connectivity index (χ4v) is 2.72. The molecular weight excluding hydrogens is 415 g/mol. The number of benzene rings is 1. The van der Waals surface area contributed by atoms with Crippen LogP contribution in [0.4, 0.5) is 5.69 Å². The zero-order valence-corrected chi connectivity index (χ0v) is 17.9. The summed E-state index contributed by atoms with van der Waals surface area (Å²) in [6, 6.07) is 8.10. The highest BCUT2D eigenvalue weighted by Crippen LogP contribution is 2.16. The molecule has 138 valence electrons. The van der Waals surface area contributed by atoms with Crippen LogP contribution < -0.4 is 15.8 Å². The van der Waals surface area contributed by atoms with Gasteiger partial charge in [-0.1, -0.05) is 33.8 Å². The predicted molar refractivity (Wildman–Crippen MR) is 115 cm³/mol. The number of methoxy groups -OCH3 is 1. The van der Waals surface area contributed by atoms with Crippen LogP contribution in [-0.4, -0.2) is 43.6 Å². The summed E-state index contributed by atoms with van der Waals surface area (Å²) in [7, 11) is 1.65. The maximum Gasteiger partial charge on any atom is 0.193 e. The number of halogens is 1. The first-order chi connectivity index (χ1) is 11.0. The van der Waals surface area contributed by atoms with E-state index in [4.69, 9.17) is 10.5 Å². The average Bonchev–Trinajstić information content (AvgIpc) is 2.53. The number of ether oxygens (including phenoxy) is 1. The quantitative estimate of drug-likeness (QED) is 0.343. The number of hydrogen-bond acceptors (Lipinski definition) is 3. The van der Waals surface area contributed by atoms with Crippen molar-refractivity contribution in [3.05, 3.63) is 24.3 Å². The Kier molecular flexibility index (Phi) is 11.8. The zero-order valence-electron chi connectivity index (χ0n) is 15.6. The molecule has 0 radical (unpaired) electrons. The Bertz CT molecular complexity index is 490. The molecule has 0 saturated heterocycles. The van der Waals surface area contributed by atoms with Gasteiger partial charge in [-0.3, -0.25) is 9.89 Å². The van der Waals surface area contributed by atoms with Gasteiger partial charge in [-0.05, 0) is 37.6 Å². The molecule has 5 nitrogen and oxygen atoms in total. The summed E-state index contributed by atoms with van der Waals surface area (Å²) in [6.07, 6.45) is 1.12. The number of likely N-dealkylation sites (N-methyl/N-ethyl adjacent to an activating group) is 1. The highest BCUT2D eigenvalue weighted by molar-refractivity contribution is 14.0. The van der Waals surface area contributed by atoms with Gasteiger partial charge in [0, 0.05) is 17.8 Å². The molecule has 1 aromatic rings. The minimum Gasteiger partial charge on any atom is -0.497 e. The van der Waals surface area contributed by atoms with Crippen molar-refractivity contribution in [2.45, 2.75) is 40.2 Å². The number of aliphatic imine (C=N–C) groups is 1. The lowest BCUT2D eigenvalue weighted by atomic mass is 10.0. The van der Waals surface area contributed by atoms with Gasteiger partial charge in [-0.2, -0.15) is 0 Å². The van der Waals surface area contributed by atoms with E-state index in [1.165, 1.54) is 0 Å². The van der Waals surface area contributed by atoms with E-state index in [-0.39, 0.29) is 24.0 Å². The van der Waals surface area contributed by atoms with Gasteiger partial charge in [0.15, 0.2) is 5.96 Å². The van der Waals surface area contributed by atoms with Gasteiger partial charge in [0.1, 0.15) is 5.75 Å². The minimum atomic E-state index is 0. The molecule has 3 N–H and O–H groups in total. The molecule has 0 aliphatic carbocycles. The highest BCUT2D eigenvalue weighted by Gasteiger charge is 2.16. The smallest absolute Gasteiger partial charge is 0.193 e. The molecule has 6 heteroatoms. The monoisotopic (exact) mass is 448 g/mol. The molecule has 0 saturated carbocycles. The zero-order chi connectivity index (χ0) is 17.2. The minimum absolute atomic E-state index is 0. The lowest BCUT2D eigenvalue weighted by molar-refractivity contribution is 0.196. The standard InChI is InChI=1S/C18H32N4O.HI/c1-6-22(7-2)16(11-14(3)4)13-20-18(19)21-15-9-8-10-17(12-15)23-5;/h8-10,12,14,16H,6-7,11,13H2,1-5H3,(H3,19,20,21);1H. The first-order valence-corrected chi connectivity index (χ1v) is 8.45. The van der Waals surface area contributed by atoms with Gasteiger partial charge in [0.05, 0.1) is 13.7 Å². The maximum atomic E-state index is 6.04. The van der Waals surface area contributed by atoms with Crippen molar-refractivity contribution in [1.82, 2.24) is 4.90 Å². The molecule has 0 heterocycles. The Morgan fingerprint density at radius 3 is 2.50 bits per heavy atom. The van der Waals surface area contributed by atoms with Gasteiger partial charge in [-0.25, -0.2) is 0 Å². The molecule has 0 aliphatic rings. The van der Waals surface area contributed by atoms with Crippen LogP contribution in [-0.2, 0) is 0 Å². The van der Waals surface area contributed by atoms with Crippen molar-refractivity contribution in [2.24, 2.45) is 16.6 Å². The lowest BCUT2D eigenvalue weighted by Gasteiger charge is -2.29. The van der Waals surface area contributed by atoms with E-state index in [1.54, 1.807) is 7.11 Å². The lowest BCUT2D eigenvalue weighted by Crippen LogP contribution is -2.39. The van der Waals surface area contributed by atoms with Crippen LogP contribution in [0.25, 0.3) is 0 Å². The topological polar surface area (TPSA) is 62.9 Å². The van der Waals surface area contributed by atoms with E-state index >= 15 is 0 Å². The Balaban J connectivity index is 0.00000529. The molecule has 1 rings (SSSR count). The number of rotatable bonds is 9. The van der Waals surface area contributed by atoms with Crippen LogP contribution in [0.2, 0.25) is 0 Å². The predicted octanol–water partition coefficient (Wildman–Crippen LogP) is 3.80. The third kappa shape index (κ3) is 8.19. The van der Waals surface area contributed by atoms with E-state index in [2.05, 4.69) is 42.9 Å². The van der Waals surface area contributed by atoms with Crippen LogP contribution in [0, 0.1) is 5.92 Å². The first kappa shape index (κ1) is 23.0. The third-order valence-electron chi connectivity index (χ3n) is 3.89. The van der Waals surface area contributed by atoms with Crippen molar-refractivity contribution < 1.29 is 4.74 Å². The van der Waals surface area contributed by atoms with E-state index in [0.29, 0.717) is 24.5 Å². The summed E-state index contributed by atoms with van der Waals surface area (Å²) < 4.78 is 5.21. The molecule has 1 aromatic carbocycles. The first-order valence-electron chi connectivity index (χ1n) is 8.45. The molecule has 0 aliphatic heterocycles. The van der Waals surface area contributed by atoms with Gasteiger partial charge in [-0.15, -0.1) is 24.0 Å². The average molecular weight is 448 g/mol. The molecule has 24 heavy (non-hydrogen) atoms. The summed E-state index contributed by atoms with van der Waals surface area (Å²) in [6.45, 7) is 11.7. The van der Waals surface area contributed by atoms with Crippen molar-refractivity contribution in [3.8, 4) is 5.75 Å². The Labute approximate surface area is 164 Å². The van der Waals surface area contributed by atoms with E-state index in [1.807, 2.05) is 24.3 Å². The van der Waals surface area contributed by atoms with Crippen molar-refractivity contribution in [1.29, 1.82) is 0 Å². The molecule has 0 aromatic heterocycles. The SMILES string of the molecule is CCN(CC)C(CN=C(N)Nc1cccc(OC)c1)CC(C)C.I. The Hall–Kier alpha value is -1.02. The van der Waals surface area contributed by atoms with Gasteiger partial charge in [0.2, 0.25) is 0 Å². The second-order valence-electron chi connectivity index (χ2n) is 6.09. The van der Waals surface area contributed by atoms with Crippen molar-refractivity contribution in [2.75, 3.05) is 32.1 Å². The molecule has 1 unspecified atom stereocenters. The molecule has 0 bridgehead atoms. The summed E-state index contributed by atoms with van der Waals surface area (Å²) in [5.74, 6) is 1.88. The number of hydrogen-bond donors (Lipinski definition) is 2. The van der Waals surface area contributed by atoms with E-state index < -0.39 is 0 Å².